The molecule has 1 saturated heterocycles. The largest absolute Gasteiger partial charge is 0.378 e. The minimum atomic E-state index is -0.920. The van der Waals surface area contributed by atoms with Gasteiger partial charge in [0.05, 0.1) is 26.4 Å². The number of hydrogen-bond donors (Lipinski definition) is 0. The number of Topliss-reactive ketones (excluding diaryl/α,β-unsaturated/α-hetero) is 2. The van der Waals surface area contributed by atoms with E-state index in [1.54, 1.807) is 9.80 Å². The molecule has 4 atom stereocenters. The molecular formula is C28H42N2O6. The van der Waals surface area contributed by atoms with Crippen LogP contribution in [0.2, 0.25) is 0 Å². The summed E-state index contributed by atoms with van der Waals surface area (Å²) < 4.78 is 11.8. The van der Waals surface area contributed by atoms with E-state index in [4.69, 9.17) is 9.47 Å². The third kappa shape index (κ3) is 3.39. The zero-order chi connectivity index (χ0) is 25.9. The lowest BCUT2D eigenvalue weighted by Crippen LogP contribution is -2.54. The summed E-state index contributed by atoms with van der Waals surface area (Å²) in [7, 11) is 0. The first kappa shape index (κ1) is 25.8. The molecule has 1 heterocycles. The molecule has 4 saturated carbocycles. The number of amides is 2. The van der Waals surface area contributed by atoms with Gasteiger partial charge in [0.15, 0.2) is 0 Å². The summed E-state index contributed by atoms with van der Waals surface area (Å²) >= 11 is 0. The quantitative estimate of drug-likeness (QED) is 0.539. The highest BCUT2D eigenvalue weighted by Gasteiger charge is 2.69. The van der Waals surface area contributed by atoms with Crippen LogP contribution >= 0.6 is 0 Å². The summed E-state index contributed by atoms with van der Waals surface area (Å²) in [6.45, 7) is 11.2. The number of nitrogens with zero attached hydrogens (tertiary/aromatic N) is 2. The Balaban J connectivity index is 1.24. The van der Waals surface area contributed by atoms with Gasteiger partial charge in [0.1, 0.15) is 22.4 Å². The van der Waals surface area contributed by atoms with E-state index in [1.807, 2.05) is 0 Å². The number of ketones is 2. The van der Waals surface area contributed by atoms with Crippen molar-refractivity contribution < 1.29 is 28.7 Å². The number of ether oxygens (including phenoxy) is 2. The van der Waals surface area contributed by atoms with Gasteiger partial charge < -0.3 is 19.3 Å². The van der Waals surface area contributed by atoms with Crippen molar-refractivity contribution in [1.82, 2.24) is 9.80 Å². The Bertz CT molecular complexity index is 872. The molecule has 4 aliphatic carbocycles. The summed E-state index contributed by atoms with van der Waals surface area (Å²) in [5.41, 5.74) is -2.48. The van der Waals surface area contributed by atoms with Gasteiger partial charge in [-0.15, -0.1) is 0 Å². The molecule has 5 aliphatic rings. The Morgan fingerprint density at radius 2 is 1.00 bits per heavy atom. The Morgan fingerprint density at radius 1 is 0.667 bits per heavy atom. The van der Waals surface area contributed by atoms with Gasteiger partial charge in [-0.3, -0.25) is 19.2 Å². The maximum Gasteiger partial charge on any atom is 0.236 e. The minimum Gasteiger partial charge on any atom is -0.378 e. The zero-order valence-electron chi connectivity index (χ0n) is 22.4. The Morgan fingerprint density at radius 3 is 1.25 bits per heavy atom. The van der Waals surface area contributed by atoms with Crippen molar-refractivity contribution in [3.8, 4) is 0 Å². The van der Waals surface area contributed by atoms with Crippen molar-refractivity contribution >= 4 is 23.4 Å². The normalized spacial score (nSPS) is 38.2. The summed E-state index contributed by atoms with van der Waals surface area (Å²) in [5.74, 6) is 0.598. The topological polar surface area (TPSA) is 93.2 Å². The van der Waals surface area contributed by atoms with E-state index in [0.29, 0.717) is 78.3 Å². The average Bonchev–Trinajstić information content (AvgIpc) is 3.38. The molecule has 0 spiro atoms. The van der Waals surface area contributed by atoms with Gasteiger partial charge in [-0.2, -0.15) is 0 Å². The maximum atomic E-state index is 13.8. The number of carbonyl (C=O) groups is 4. The van der Waals surface area contributed by atoms with Gasteiger partial charge in [-0.1, -0.05) is 27.7 Å². The fourth-order valence-corrected chi connectivity index (χ4v) is 8.43. The van der Waals surface area contributed by atoms with Crippen molar-refractivity contribution in [3.63, 3.8) is 0 Å². The maximum absolute atomic E-state index is 13.8. The summed E-state index contributed by atoms with van der Waals surface area (Å²) in [4.78, 5) is 57.1. The van der Waals surface area contributed by atoms with Crippen LogP contribution in [0.25, 0.3) is 0 Å². The molecule has 5 rings (SSSR count). The van der Waals surface area contributed by atoms with E-state index in [0.717, 1.165) is 12.8 Å². The molecule has 2 amide bonds. The lowest BCUT2D eigenvalue weighted by molar-refractivity contribution is -0.154. The van der Waals surface area contributed by atoms with Gasteiger partial charge >= 0.3 is 0 Å². The van der Waals surface area contributed by atoms with E-state index in [-0.39, 0.29) is 46.0 Å². The van der Waals surface area contributed by atoms with Crippen LogP contribution in [0.4, 0.5) is 0 Å². The van der Waals surface area contributed by atoms with Crippen LogP contribution in [0.15, 0.2) is 0 Å². The molecule has 0 radical (unpaired) electrons. The molecule has 8 nitrogen and oxygen atoms in total. The molecule has 8 heteroatoms. The fraction of sp³-hybridized carbons (Fsp3) is 0.857. The van der Waals surface area contributed by atoms with Crippen LogP contribution in [-0.4, -0.2) is 85.8 Å². The lowest BCUT2D eigenvalue weighted by atomic mass is 9.68. The molecular weight excluding hydrogens is 460 g/mol. The number of fused-ring (bicyclic) bond motifs is 4. The second-order valence-corrected chi connectivity index (χ2v) is 12.8. The molecule has 4 bridgehead atoms. The van der Waals surface area contributed by atoms with Gasteiger partial charge in [0.25, 0.3) is 0 Å². The first-order valence-corrected chi connectivity index (χ1v) is 13.8. The molecule has 0 unspecified atom stereocenters. The predicted molar refractivity (Wildman–Crippen MR) is 132 cm³/mol. The van der Waals surface area contributed by atoms with E-state index < -0.39 is 10.8 Å². The first-order valence-electron chi connectivity index (χ1n) is 13.8. The average molecular weight is 503 g/mol. The summed E-state index contributed by atoms with van der Waals surface area (Å²) in [6.07, 6.45) is 4.13. The molecule has 1 aliphatic heterocycles. The second-order valence-electron chi connectivity index (χ2n) is 12.8. The molecule has 0 aromatic carbocycles. The molecule has 0 aromatic rings. The second kappa shape index (κ2) is 8.90. The molecule has 36 heavy (non-hydrogen) atoms. The van der Waals surface area contributed by atoms with Gasteiger partial charge in [0.2, 0.25) is 11.8 Å². The minimum absolute atomic E-state index is 0.0737. The molecule has 200 valence electrons. The van der Waals surface area contributed by atoms with Gasteiger partial charge in [0, 0.05) is 39.0 Å². The third-order valence-electron chi connectivity index (χ3n) is 11.1. The van der Waals surface area contributed by atoms with Crippen LogP contribution < -0.4 is 0 Å². The van der Waals surface area contributed by atoms with E-state index in [9.17, 15) is 19.2 Å². The highest BCUT2D eigenvalue weighted by molar-refractivity contribution is 6.10. The van der Waals surface area contributed by atoms with Crippen molar-refractivity contribution in [2.24, 2.45) is 33.5 Å². The van der Waals surface area contributed by atoms with Crippen LogP contribution in [0, 0.1) is 33.5 Å². The monoisotopic (exact) mass is 502 g/mol. The van der Waals surface area contributed by atoms with E-state index in [2.05, 4.69) is 27.7 Å². The van der Waals surface area contributed by atoms with Crippen molar-refractivity contribution in [1.29, 1.82) is 0 Å². The summed E-state index contributed by atoms with van der Waals surface area (Å²) in [6, 6.07) is 0. The number of hydrogen-bond acceptors (Lipinski definition) is 6. The molecule has 0 N–H and O–H groups in total. The Kier molecular flexibility index (Phi) is 6.38. The highest BCUT2D eigenvalue weighted by Crippen LogP contribution is 2.65. The smallest absolute Gasteiger partial charge is 0.236 e. The Labute approximate surface area is 214 Å². The number of carbonyl (C=O) groups excluding carboxylic acids is 4. The van der Waals surface area contributed by atoms with Crippen LogP contribution in [0.1, 0.15) is 66.2 Å². The van der Waals surface area contributed by atoms with Crippen molar-refractivity contribution in [2.45, 2.75) is 66.2 Å². The first-order chi connectivity index (χ1) is 17.0. The lowest BCUT2D eigenvalue weighted by Gasteiger charge is -2.40. The molecule has 5 fully saturated rings. The van der Waals surface area contributed by atoms with Gasteiger partial charge in [-0.25, -0.2) is 0 Å². The predicted octanol–water partition coefficient (Wildman–Crippen LogP) is 2.48. The van der Waals surface area contributed by atoms with E-state index in [1.165, 1.54) is 0 Å². The van der Waals surface area contributed by atoms with Crippen LogP contribution in [0.3, 0.4) is 0 Å². The molecule has 0 aromatic heterocycles. The van der Waals surface area contributed by atoms with Gasteiger partial charge in [-0.05, 0) is 48.3 Å². The summed E-state index contributed by atoms with van der Waals surface area (Å²) in [5, 5.41) is 0. The third-order valence-corrected chi connectivity index (χ3v) is 11.1. The Hall–Kier alpha value is -1.80. The van der Waals surface area contributed by atoms with Crippen LogP contribution in [-0.2, 0) is 28.7 Å². The zero-order valence-corrected chi connectivity index (χ0v) is 22.4. The standard InChI is InChI=1S/C28H42N2O6/c1-25(2)19-5-7-27(25,21(31)17-19)23(33)29-9-13-35-15-11-30(12-16-36-14-10-29)24(34)28-8-6-20(18-22(28)32)26(28,3)4/h19-20H,5-18H2,1-4H3/t19-,20-,27+,28+/m1/s1. The van der Waals surface area contributed by atoms with Crippen LogP contribution in [0.5, 0.6) is 0 Å². The highest BCUT2D eigenvalue weighted by atomic mass is 16.5. The number of rotatable bonds is 2. The van der Waals surface area contributed by atoms with E-state index >= 15 is 0 Å². The SMILES string of the molecule is CC1(C)[C@@H]2CC[C@@]1(C(=O)N1CCOCCN(C(=O)[C@]34CC[C@H](CC3=O)C4(C)C)CCOCC1)C(=O)C2. The fourth-order valence-electron chi connectivity index (χ4n) is 8.43. The van der Waals surface area contributed by atoms with Crippen molar-refractivity contribution in [3.05, 3.63) is 0 Å². The van der Waals surface area contributed by atoms with Crippen molar-refractivity contribution in [2.75, 3.05) is 52.6 Å².